The van der Waals surface area contributed by atoms with E-state index in [4.69, 9.17) is 18.9 Å². The Hall–Kier alpha value is -3.56. The maximum Gasteiger partial charge on any atom is 0.295 e. The zero-order valence-electron chi connectivity index (χ0n) is 24.8. The van der Waals surface area contributed by atoms with Crippen molar-refractivity contribution in [1.82, 2.24) is 9.80 Å². The first-order valence-electron chi connectivity index (χ1n) is 14.4. The van der Waals surface area contributed by atoms with Crippen LogP contribution >= 0.6 is 0 Å². The highest BCUT2D eigenvalue weighted by atomic mass is 16.5. The van der Waals surface area contributed by atoms with Gasteiger partial charge >= 0.3 is 0 Å². The number of Topliss-reactive ketones (excluding diaryl/α,β-unsaturated/α-hetero) is 1. The van der Waals surface area contributed by atoms with Gasteiger partial charge in [0.1, 0.15) is 11.5 Å². The number of benzene rings is 2. The summed E-state index contributed by atoms with van der Waals surface area (Å²) in [6.07, 6.45) is 0.679. The molecular formula is C32H42N2O7. The third-order valence-corrected chi connectivity index (χ3v) is 7.34. The Morgan fingerprint density at radius 2 is 1.76 bits per heavy atom. The maximum absolute atomic E-state index is 13.5. The molecule has 0 aliphatic carbocycles. The van der Waals surface area contributed by atoms with E-state index in [0.29, 0.717) is 73.7 Å². The van der Waals surface area contributed by atoms with Crippen LogP contribution in [0.3, 0.4) is 0 Å². The van der Waals surface area contributed by atoms with Gasteiger partial charge in [-0.1, -0.05) is 19.9 Å². The molecule has 2 aliphatic heterocycles. The predicted molar refractivity (Wildman–Crippen MR) is 157 cm³/mol. The molecule has 0 bridgehead atoms. The summed E-state index contributed by atoms with van der Waals surface area (Å²) in [6, 6.07) is 9.89. The zero-order valence-corrected chi connectivity index (χ0v) is 24.8. The molecular weight excluding hydrogens is 524 g/mol. The Kier molecular flexibility index (Phi) is 10.3. The Morgan fingerprint density at radius 3 is 2.41 bits per heavy atom. The molecule has 0 saturated carbocycles. The molecule has 2 fully saturated rings. The lowest BCUT2D eigenvalue weighted by molar-refractivity contribution is -0.140. The van der Waals surface area contributed by atoms with Gasteiger partial charge in [-0.05, 0) is 67.6 Å². The van der Waals surface area contributed by atoms with Crippen molar-refractivity contribution in [2.45, 2.75) is 40.2 Å². The monoisotopic (exact) mass is 566 g/mol. The number of nitrogens with zero attached hydrogens (tertiary/aromatic N) is 2. The molecule has 2 aromatic rings. The van der Waals surface area contributed by atoms with Gasteiger partial charge in [-0.15, -0.1) is 0 Å². The second kappa shape index (κ2) is 13.9. The lowest BCUT2D eigenvalue weighted by Crippen LogP contribution is -2.39. The second-order valence-corrected chi connectivity index (χ2v) is 10.8. The number of ether oxygens (including phenoxy) is 4. The SMILES string of the molecule is CCOc1ccc(C2/C(=C(\O)c3ccc(OCC(C)C)c(C)c3)C(=O)C(=O)N2CCCN2CCOCC2)cc1OC. The molecule has 222 valence electrons. The smallest absolute Gasteiger partial charge is 0.295 e. The normalized spacial score (nSPS) is 19.2. The van der Waals surface area contributed by atoms with Gasteiger partial charge in [0.05, 0.1) is 45.2 Å². The van der Waals surface area contributed by atoms with Crippen LogP contribution in [-0.4, -0.2) is 86.3 Å². The van der Waals surface area contributed by atoms with Gasteiger partial charge in [0, 0.05) is 31.7 Å². The van der Waals surface area contributed by atoms with Crippen LogP contribution in [0.5, 0.6) is 17.2 Å². The standard InChI is InChI=1S/C32H42N2O7/c1-6-40-26-11-8-23(19-27(26)38-5)29-28(30(35)24-9-10-25(22(4)18-24)41-20-21(2)3)31(36)32(37)34(29)13-7-12-33-14-16-39-17-15-33/h8-11,18-19,21,29,35H,6-7,12-17,20H2,1-5H3/b30-28+. The first-order chi connectivity index (χ1) is 19.7. The van der Waals surface area contributed by atoms with E-state index in [1.54, 1.807) is 42.3 Å². The molecule has 0 spiro atoms. The van der Waals surface area contributed by atoms with Crippen molar-refractivity contribution >= 4 is 17.4 Å². The van der Waals surface area contributed by atoms with E-state index in [0.717, 1.165) is 25.2 Å². The Morgan fingerprint density at radius 1 is 1.02 bits per heavy atom. The number of hydrogen-bond donors (Lipinski definition) is 1. The van der Waals surface area contributed by atoms with Crippen molar-refractivity contribution in [1.29, 1.82) is 0 Å². The minimum absolute atomic E-state index is 0.0582. The topological polar surface area (TPSA) is 97.8 Å². The molecule has 1 atom stereocenters. The molecule has 2 aromatic carbocycles. The van der Waals surface area contributed by atoms with Gasteiger partial charge in [-0.2, -0.15) is 0 Å². The average Bonchev–Trinajstić information content (AvgIpc) is 3.22. The van der Waals surface area contributed by atoms with Crippen LogP contribution in [0, 0.1) is 12.8 Å². The van der Waals surface area contributed by atoms with E-state index in [9.17, 15) is 14.7 Å². The van der Waals surface area contributed by atoms with E-state index in [1.165, 1.54) is 0 Å². The summed E-state index contributed by atoms with van der Waals surface area (Å²) in [5.74, 6) is 0.598. The molecule has 1 N–H and O–H groups in total. The average molecular weight is 567 g/mol. The van der Waals surface area contributed by atoms with Crippen molar-refractivity contribution in [3.05, 3.63) is 58.7 Å². The van der Waals surface area contributed by atoms with Crippen LogP contribution in [0.15, 0.2) is 42.0 Å². The third kappa shape index (κ3) is 7.02. The molecule has 41 heavy (non-hydrogen) atoms. The molecule has 2 heterocycles. The summed E-state index contributed by atoms with van der Waals surface area (Å²) < 4.78 is 22.6. The number of carbonyl (C=O) groups is 2. The molecule has 2 aliphatic rings. The van der Waals surface area contributed by atoms with Crippen LogP contribution in [-0.2, 0) is 14.3 Å². The molecule has 1 amide bonds. The van der Waals surface area contributed by atoms with E-state index >= 15 is 0 Å². The number of ketones is 1. The summed E-state index contributed by atoms with van der Waals surface area (Å²) >= 11 is 0. The molecule has 9 nitrogen and oxygen atoms in total. The quantitative estimate of drug-likeness (QED) is 0.227. The van der Waals surface area contributed by atoms with Gasteiger partial charge in [0.2, 0.25) is 0 Å². The Balaban J connectivity index is 1.71. The lowest BCUT2D eigenvalue weighted by atomic mass is 9.94. The zero-order chi connectivity index (χ0) is 29.5. The van der Waals surface area contributed by atoms with Gasteiger partial charge in [-0.25, -0.2) is 0 Å². The van der Waals surface area contributed by atoms with Gasteiger partial charge in [0.15, 0.2) is 11.5 Å². The minimum Gasteiger partial charge on any atom is -0.507 e. The van der Waals surface area contributed by atoms with Gasteiger partial charge in [0.25, 0.3) is 11.7 Å². The first kappa shape index (κ1) is 30.4. The highest BCUT2D eigenvalue weighted by Crippen LogP contribution is 2.42. The fourth-order valence-corrected chi connectivity index (χ4v) is 5.25. The minimum atomic E-state index is -0.776. The van der Waals surface area contributed by atoms with Crippen molar-refractivity contribution in [3.8, 4) is 17.2 Å². The maximum atomic E-state index is 13.5. The number of aliphatic hydroxyl groups is 1. The number of morpholine rings is 1. The number of amides is 1. The number of aryl methyl sites for hydroxylation is 1. The van der Waals surface area contributed by atoms with Crippen molar-refractivity contribution in [2.24, 2.45) is 5.92 Å². The molecule has 0 radical (unpaired) electrons. The van der Waals surface area contributed by atoms with Crippen LogP contribution in [0.2, 0.25) is 0 Å². The van der Waals surface area contributed by atoms with E-state index < -0.39 is 17.7 Å². The van der Waals surface area contributed by atoms with E-state index in [1.807, 2.05) is 19.9 Å². The number of rotatable bonds is 12. The van der Waals surface area contributed by atoms with Crippen LogP contribution in [0.1, 0.15) is 49.9 Å². The van der Waals surface area contributed by atoms with Crippen LogP contribution in [0.4, 0.5) is 0 Å². The summed E-state index contributed by atoms with van der Waals surface area (Å²) in [6.45, 7) is 13.2. The largest absolute Gasteiger partial charge is 0.507 e. The fourth-order valence-electron chi connectivity index (χ4n) is 5.25. The number of methoxy groups -OCH3 is 1. The molecule has 9 heteroatoms. The van der Waals surface area contributed by atoms with E-state index in [-0.39, 0.29) is 11.3 Å². The summed E-state index contributed by atoms with van der Waals surface area (Å²) in [4.78, 5) is 30.8. The number of carbonyl (C=O) groups excluding carboxylic acids is 2. The molecule has 1 unspecified atom stereocenters. The summed E-state index contributed by atoms with van der Waals surface area (Å²) in [7, 11) is 1.55. The summed E-state index contributed by atoms with van der Waals surface area (Å²) in [5, 5.41) is 11.5. The highest BCUT2D eigenvalue weighted by molar-refractivity contribution is 6.46. The first-order valence-corrected chi connectivity index (χ1v) is 14.4. The highest BCUT2D eigenvalue weighted by Gasteiger charge is 2.46. The van der Waals surface area contributed by atoms with Crippen molar-refractivity contribution in [2.75, 3.05) is 59.7 Å². The Bertz CT molecular complexity index is 1270. The lowest BCUT2D eigenvalue weighted by Gasteiger charge is -2.29. The number of likely N-dealkylation sites (tertiary alicyclic amines) is 1. The van der Waals surface area contributed by atoms with Crippen LogP contribution < -0.4 is 14.2 Å². The second-order valence-electron chi connectivity index (χ2n) is 10.8. The van der Waals surface area contributed by atoms with Crippen molar-refractivity contribution < 1.29 is 33.6 Å². The summed E-state index contributed by atoms with van der Waals surface area (Å²) in [5.41, 5.74) is 2.00. The molecule has 4 rings (SSSR count). The van der Waals surface area contributed by atoms with E-state index in [2.05, 4.69) is 18.7 Å². The van der Waals surface area contributed by atoms with Crippen LogP contribution in [0.25, 0.3) is 5.76 Å². The molecule has 2 saturated heterocycles. The van der Waals surface area contributed by atoms with Crippen molar-refractivity contribution in [3.63, 3.8) is 0 Å². The third-order valence-electron chi connectivity index (χ3n) is 7.34. The molecule has 0 aromatic heterocycles. The number of hydrogen-bond acceptors (Lipinski definition) is 8. The van der Waals surface area contributed by atoms with Gasteiger partial charge < -0.3 is 29.0 Å². The van der Waals surface area contributed by atoms with Gasteiger partial charge in [-0.3, -0.25) is 14.5 Å². The Labute approximate surface area is 242 Å². The number of aliphatic hydroxyl groups excluding tert-OH is 1. The fraction of sp³-hybridized carbons (Fsp3) is 0.500. The predicted octanol–water partition coefficient (Wildman–Crippen LogP) is 4.58.